The molecular formula is C22H32N6O5. The van der Waals surface area contributed by atoms with Crippen LogP contribution in [-0.4, -0.2) is 35.2 Å². The van der Waals surface area contributed by atoms with E-state index in [0.717, 1.165) is 12.8 Å². The summed E-state index contributed by atoms with van der Waals surface area (Å²) in [5, 5.41) is 3.84. The maximum Gasteiger partial charge on any atom is 0.330 e. The van der Waals surface area contributed by atoms with Crippen LogP contribution in [0.2, 0.25) is 0 Å². The second kappa shape index (κ2) is 10.6. The van der Waals surface area contributed by atoms with Gasteiger partial charge < -0.3 is 13.8 Å². The number of carbonyl (C=O) groups excluding carboxylic acids is 1. The first-order valence-electron chi connectivity index (χ1n) is 11.4. The normalized spacial score (nSPS) is 11.7. The Labute approximate surface area is 191 Å². The number of H-pyrrole nitrogens is 1. The van der Waals surface area contributed by atoms with Crippen molar-refractivity contribution >= 4 is 17.1 Å². The van der Waals surface area contributed by atoms with Crippen molar-refractivity contribution in [3.63, 3.8) is 0 Å². The number of nitrogens with one attached hydrogen (secondary N) is 1. The lowest BCUT2D eigenvalue weighted by Gasteiger charge is -2.11. The highest BCUT2D eigenvalue weighted by molar-refractivity contribution is 5.72. The molecule has 33 heavy (non-hydrogen) atoms. The summed E-state index contributed by atoms with van der Waals surface area (Å²) in [5.74, 6) is 1.27. The van der Waals surface area contributed by atoms with Crippen molar-refractivity contribution in [1.29, 1.82) is 0 Å². The van der Waals surface area contributed by atoms with E-state index in [2.05, 4.69) is 20.1 Å². The molecule has 180 valence electrons. The summed E-state index contributed by atoms with van der Waals surface area (Å²) >= 11 is 0. The highest BCUT2D eigenvalue weighted by atomic mass is 16.6. The minimum Gasteiger partial charge on any atom is -0.456 e. The lowest BCUT2D eigenvalue weighted by Crippen LogP contribution is -2.31. The SMILES string of the molecule is CCCCn1c(=O)[nH]c(=O)c2c1nc(CCC(=O)OCc1nc(C(C)C)no1)n2CC(C)C. The van der Waals surface area contributed by atoms with Crippen molar-refractivity contribution in [3.05, 3.63) is 38.4 Å². The third-order valence-electron chi connectivity index (χ3n) is 5.16. The van der Waals surface area contributed by atoms with E-state index in [1.54, 1.807) is 4.57 Å². The lowest BCUT2D eigenvalue weighted by atomic mass is 10.2. The molecule has 0 spiro atoms. The fraction of sp³-hybridized carbons (Fsp3) is 0.636. The second-order valence-electron chi connectivity index (χ2n) is 8.83. The molecule has 0 saturated carbocycles. The standard InChI is InChI=1S/C22H32N6O5/c1-6-7-10-27-20-18(21(30)25-22(27)31)28(11-13(2)3)15(23-20)8-9-17(29)32-12-16-24-19(14(4)5)26-33-16/h13-14H,6-12H2,1-5H3,(H,25,30,31). The highest BCUT2D eigenvalue weighted by Gasteiger charge is 2.20. The molecule has 3 aromatic rings. The molecule has 0 radical (unpaired) electrons. The molecule has 0 aliphatic rings. The molecule has 0 aromatic carbocycles. The summed E-state index contributed by atoms with van der Waals surface area (Å²) in [5.41, 5.74) is -0.230. The molecule has 11 heteroatoms. The van der Waals surface area contributed by atoms with Crippen LogP contribution in [0, 0.1) is 5.92 Å². The molecule has 0 aliphatic heterocycles. The summed E-state index contributed by atoms with van der Waals surface area (Å²) in [7, 11) is 0. The van der Waals surface area contributed by atoms with Crippen LogP contribution in [0.1, 0.15) is 77.3 Å². The number of ether oxygens (including phenoxy) is 1. The van der Waals surface area contributed by atoms with Crippen LogP contribution in [0.4, 0.5) is 0 Å². The van der Waals surface area contributed by atoms with Gasteiger partial charge in [-0.15, -0.1) is 0 Å². The Kier molecular flexibility index (Phi) is 7.83. The summed E-state index contributed by atoms with van der Waals surface area (Å²) in [6, 6.07) is 0. The lowest BCUT2D eigenvalue weighted by molar-refractivity contribution is -0.145. The van der Waals surface area contributed by atoms with Crippen molar-refractivity contribution in [3.8, 4) is 0 Å². The van der Waals surface area contributed by atoms with Gasteiger partial charge in [0, 0.05) is 25.4 Å². The largest absolute Gasteiger partial charge is 0.456 e. The second-order valence-corrected chi connectivity index (χ2v) is 8.83. The Morgan fingerprint density at radius 2 is 1.91 bits per heavy atom. The molecule has 0 atom stereocenters. The Morgan fingerprint density at radius 1 is 1.15 bits per heavy atom. The minimum atomic E-state index is -0.471. The number of aromatic nitrogens is 6. The summed E-state index contributed by atoms with van der Waals surface area (Å²) in [4.78, 5) is 48.6. The monoisotopic (exact) mass is 460 g/mol. The van der Waals surface area contributed by atoms with Gasteiger partial charge in [0.15, 0.2) is 23.6 Å². The van der Waals surface area contributed by atoms with Gasteiger partial charge in [-0.05, 0) is 12.3 Å². The van der Waals surface area contributed by atoms with E-state index in [-0.39, 0.29) is 37.2 Å². The van der Waals surface area contributed by atoms with E-state index in [0.29, 0.717) is 35.9 Å². The van der Waals surface area contributed by atoms with Crippen molar-refractivity contribution < 1.29 is 14.1 Å². The first kappa shape index (κ1) is 24.4. The van der Waals surface area contributed by atoms with Gasteiger partial charge in [-0.2, -0.15) is 4.98 Å². The molecule has 0 amide bonds. The number of aryl methyl sites for hydroxylation is 2. The molecule has 0 unspecified atom stereocenters. The quantitative estimate of drug-likeness (QED) is 0.431. The average Bonchev–Trinajstić information content (AvgIpc) is 3.36. The molecule has 0 saturated heterocycles. The molecule has 0 bridgehead atoms. The topological polar surface area (TPSA) is 138 Å². The molecular weight excluding hydrogens is 428 g/mol. The Bertz CT molecular complexity index is 1220. The molecule has 3 aromatic heterocycles. The molecule has 1 N–H and O–H groups in total. The van der Waals surface area contributed by atoms with Crippen molar-refractivity contribution in [2.24, 2.45) is 5.92 Å². The Morgan fingerprint density at radius 3 is 2.55 bits per heavy atom. The number of hydrogen-bond acceptors (Lipinski definition) is 8. The zero-order valence-electron chi connectivity index (χ0n) is 19.9. The van der Waals surface area contributed by atoms with Crippen LogP contribution in [0.15, 0.2) is 14.1 Å². The van der Waals surface area contributed by atoms with Crippen molar-refractivity contribution in [2.45, 2.75) is 85.9 Å². The number of hydrogen-bond donors (Lipinski definition) is 1. The number of esters is 1. The van der Waals surface area contributed by atoms with Gasteiger partial charge in [0.25, 0.3) is 11.4 Å². The van der Waals surface area contributed by atoms with E-state index < -0.39 is 17.2 Å². The van der Waals surface area contributed by atoms with Crippen molar-refractivity contribution in [1.82, 2.24) is 29.2 Å². The number of imidazole rings is 1. The molecule has 0 aliphatic carbocycles. The van der Waals surface area contributed by atoms with Crippen LogP contribution in [0.25, 0.3) is 11.2 Å². The highest BCUT2D eigenvalue weighted by Crippen LogP contribution is 2.17. The zero-order chi connectivity index (χ0) is 24.1. The van der Waals surface area contributed by atoms with Gasteiger partial charge in [0.1, 0.15) is 5.82 Å². The van der Waals surface area contributed by atoms with Crippen LogP contribution < -0.4 is 11.2 Å². The Hall–Kier alpha value is -3.24. The van der Waals surface area contributed by atoms with Crippen LogP contribution in [-0.2, 0) is 35.6 Å². The molecule has 0 fully saturated rings. The van der Waals surface area contributed by atoms with Gasteiger partial charge in [-0.1, -0.05) is 46.2 Å². The van der Waals surface area contributed by atoms with E-state index in [4.69, 9.17) is 9.26 Å². The van der Waals surface area contributed by atoms with E-state index in [9.17, 15) is 14.4 Å². The van der Waals surface area contributed by atoms with E-state index in [1.165, 1.54) is 4.57 Å². The average molecular weight is 461 g/mol. The first-order chi connectivity index (χ1) is 15.7. The fourth-order valence-electron chi connectivity index (χ4n) is 3.48. The molecule has 3 rings (SSSR count). The third kappa shape index (κ3) is 5.77. The summed E-state index contributed by atoms with van der Waals surface area (Å²) in [6.07, 6.45) is 2.01. The predicted molar refractivity (Wildman–Crippen MR) is 121 cm³/mol. The van der Waals surface area contributed by atoms with Crippen LogP contribution >= 0.6 is 0 Å². The summed E-state index contributed by atoms with van der Waals surface area (Å²) < 4.78 is 13.7. The maximum absolute atomic E-state index is 12.6. The van der Waals surface area contributed by atoms with Crippen LogP contribution in [0.5, 0.6) is 0 Å². The van der Waals surface area contributed by atoms with Gasteiger partial charge in [-0.25, -0.2) is 9.78 Å². The van der Waals surface area contributed by atoms with E-state index >= 15 is 0 Å². The predicted octanol–water partition coefficient (Wildman–Crippen LogP) is 2.52. The van der Waals surface area contributed by atoms with Gasteiger partial charge in [0.2, 0.25) is 0 Å². The van der Waals surface area contributed by atoms with Gasteiger partial charge in [0.05, 0.1) is 6.42 Å². The smallest absolute Gasteiger partial charge is 0.330 e. The number of rotatable bonds is 11. The number of nitrogens with zero attached hydrogens (tertiary/aromatic N) is 5. The number of fused-ring (bicyclic) bond motifs is 1. The van der Waals surface area contributed by atoms with Gasteiger partial charge >= 0.3 is 11.7 Å². The number of carbonyl (C=O) groups is 1. The first-order valence-corrected chi connectivity index (χ1v) is 11.4. The Balaban J connectivity index is 1.80. The third-order valence-corrected chi connectivity index (χ3v) is 5.16. The number of aromatic amines is 1. The maximum atomic E-state index is 12.6. The van der Waals surface area contributed by atoms with Crippen LogP contribution in [0.3, 0.4) is 0 Å². The zero-order valence-corrected chi connectivity index (χ0v) is 19.9. The fourth-order valence-corrected chi connectivity index (χ4v) is 3.48. The number of unbranched alkanes of at least 4 members (excludes halogenated alkanes) is 1. The van der Waals surface area contributed by atoms with E-state index in [1.807, 2.05) is 34.6 Å². The molecule has 3 heterocycles. The van der Waals surface area contributed by atoms with Crippen molar-refractivity contribution in [2.75, 3.05) is 0 Å². The minimum absolute atomic E-state index is 0.0592. The molecule has 11 nitrogen and oxygen atoms in total. The summed E-state index contributed by atoms with van der Waals surface area (Å²) in [6.45, 7) is 10.9. The van der Waals surface area contributed by atoms with Gasteiger partial charge in [-0.3, -0.25) is 19.1 Å².